The van der Waals surface area contributed by atoms with Gasteiger partial charge in [-0.2, -0.15) is 0 Å². The van der Waals surface area contributed by atoms with E-state index < -0.39 is 0 Å². The van der Waals surface area contributed by atoms with Gasteiger partial charge in [-0.3, -0.25) is 9.69 Å². The fraction of sp³-hybridized carbons (Fsp3) is 0.625. The van der Waals surface area contributed by atoms with Crippen LogP contribution < -0.4 is 16.0 Å². The minimum atomic E-state index is -0.103. The third-order valence-corrected chi connectivity index (χ3v) is 6.57. The maximum atomic E-state index is 12.3. The molecule has 1 aliphatic heterocycles. The Morgan fingerprint density at radius 3 is 2.53 bits per heavy atom. The molecule has 0 bridgehead atoms. The number of piperidine rings is 1. The van der Waals surface area contributed by atoms with Gasteiger partial charge in [0.1, 0.15) is 5.82 Å². The molecular weight excluding hydrogens is 404 g/mol. The summed E-state index contributed by atoms with van der Waals surface area (Å²) in [5, 5.41) is 9.08. The van der Waals surface area contributed by atoms with Crippen molar-refractivity contribution in [2.45, 2.75) is 76.4 Å². The number of benzene rings is 1. The Morgan fingerprint density at radius 2 is 1.75 bits per heavy atom. The fourth-order valence-corrected chi connectivity index (χ4v) is 4.76. The molecule has 1 aromatic carbocycles. The summed E-state index contributed by atoms with van der Waals surface area (Å²) in [5.74, 6) is 1.07. The van der Waals surface area contributed by atoms with Crippen molar-refractivity contribution in [3.05, 3.63) is 30.1 Å². The summed E-state index contributed by atoms with van der Waals surface area (Å²) >= 11 is 0. The first-order chi connectivity index (χ1) is 15.7. The molecule has 4 N–H and O–H groups in total. The van der Waals surface area contributed by atoms with Gasteiger partial charge in [0.15, 0.2) is 0 Å². The number of para-hydroxylation sites is 2. The van der Waals surface area contributed by atoms with E-state index in [0.29, 0.717) is 25.4 Å². The largest absolute Gasteiger partial charge is 0.353 e. The number of imidazole rings is 1. The normalized spacial score (nSPS) is 18.5. The van der Waals surface area contributed by atoms with Gasteiger partial charge < -0.3 is 20.9 Å². The van der Waals surface area contributed by atoms with Crippen LogP contribution in [0.4, 0.5) is 4.79 Å². The van der Waals surface area contributed by atoms with Gasteiger partial charge in [0.25, 0.3) is 0 Å². The van der Waals surface area contributed by atoms with Gasteiger partial charge in [-0.25, -0.2) is 9.78 Å². The highest BCUT2D eigenvalue weighted by atomic mass is 16.2. The van der Waals surface area contributed by atoms with Crippen LogP contribution in [0.3, 0.4) is 0 Å². The zero-order chi connectivity index (χ0) is 22.2. The second kappa shape index (κ2) is 11.3. The lowest BCUT2D eigenvalue weighted by atomic mass is 9.96. The Morgan fingerprint density at radius 1 is 1.00 bits per heavy atom. The molecule has 0 atom stereocenters. The van der Waals surface area contributed by atoms with E-state index in [1.165, 1.54) is 19.3 Å². The van der Waals surface area contributed by atoms with E-state index in [0.717, 1.165) is 62.2 Å². The molecule has 1 aliphatic carbocycles. The molecule has 174 valence electrons. The highest BCUT2D eigenvalue weighted by molar-refractivity contribution is 5.77. The van der Waals surface area contributed by atoms with Crippen molar-refractivity contribution >= 4 is 23.0 Å². The van der Waals surface area contributed by atoms with Crippen LogP contribution >= 0.6 is 0 Å². The van der Waals surface area contributed by atoms with Crippen LogP contribution in [0.1, 0.15) is 63.6 Å². The van der Waals surface area contributed by atoms with E-state index >= 15 is 0 Å². The molecular formula is C24H36N6O2. The number of urea groups is 1. The zero-order valence-corrected chi connectivity index (χ0v) is 18.9. The Hall–Kier alpha value is -2.61. The number of nitrogens with one attached hydrogen (secondary N) is 4. The molecule has 2 aromatic rings. The number of hydrogen-bond acceptors (Lipinski definition) is 4. The summed E-state index contributed by atoms with van der Waals surface area (Å²) in [6.07, 6.45) is 8.84. The van der Waals surface area contributed by atoms with E-state index in [1.807, 2.05) is 24.3 Å². The lowest BCUT2D eigenvalue weighted by molar-refractivity contribution is -0.122. The molecule has 32 heavy (non-hydrogen) atoms. The first kappa shape index (κ1) is 22.6. The lowest BCUT2D eigenvalue weighted by Gasteiger charge is -2.31. The number of carbonyl (C=O) groups excluding carboxylic acids is 2. The number of rotatable bonds is 8. The molecule has 2 fully saturated rings. The molecule has 0 spiro atoms. The second-order valence-corrected chi connectivity index (χ2v) is 9.16. The summed E-state index contributed by atoms with van der Waals surface area (Å²) in [4.78, 5) is 34.7. The third-order valence-electron chi connectivity index (χ3n) is 6.57. The predicted molar refractivity (Wildman–Crippen MR) is 125 cm³/mol. The van der Waals surface area contributed by atoms with Gasteiger partial charge >= 0.3 is 6.03 Å². The molecule has 8 heteroatoms. The average molecular weight is 441 g/mol. The molecule has 3 amide bonds. The minimum absolute atomic E-state index is 0.0789. The number of aromatic amines is 1. The van der Waals surface area contributed by atoms with Crippen LogP contribution in [0.2, 0.25) is 0 Å². The SMILES string of the molecule is O=C(CCCNC(=O)NC1CCCCC1)NC1CCN(Cc2nc3ccccc3[nH]2)CC1. The van der Waals surface area contributed by atoms with Crippen molar-refractivity contribution in [3.8, 4) is 0 Å². The molecule has 2 heterocycles. The quantitative estimate of drug-likeness (QED) is 0.474. The first-order valence-corrected chi connectivity index (χ1v) is 12.2. The molecule has 1 aromatic heterocycles. The van der Waals surface area contributed by atoms with Crippen molar-refractivity contribution in [1.82, 2.24) is 30.8 Å². The first-order valence-electron chi connectivity index (χ1n) is 12.2. The molecule has 1 saturated carbocycles. The van der Waals surface area contributed by atoms with Crippen molar-refractivity contribution in [1.29, 1.82) is 0 Å². The third kappa shape index (κ3) is 6.69. The highest BCUT2D eigenvalue weighted by Crippen LogP contribution is 2.17. The van der Waals surface area contributed by atoms with E-state index in [9.17, 15) is 9.59 Å². The summed E-state index contributed by atoms with van der Waals surface area (Å²) in [6, 6.07) is 8.53. The van der Waals surface area contributed by atoms with Crippen LogP contribution in [-0.4, -0.2) is 58.5 Å². The van der Waals surface area contributed by atoms with E-state index in [2.05, 4.69) is 30.8 Å². The molecule has 0 radical (unpaired) electrons. The van der Waals surface area contributed by atoms with Gasteiger partial charge in [-0.1, -0.05) is 31.4 Å². The molecule has 2 aliphatic rings. The highest BCUT2D eigenvalue weighted by Gasteiger charge is 2.21. The number of fused-ring (bicyclic) bond motifs is 1. The van der Waals surface area contributed by atoms with E-state index in [4.69, 9.17) is 0 Å². The zero-order valence-electron chi connectivity index (χ0n) is 18.9. The van der Waals surface area contributed by atoms with Crippen LogP contribution in [0.15, 0.2) is 24.3 Å². The van der Waals surface area contributed by atoms with E-state index in [1.54, 1.807) is 0 Å². The maximum absolute atomic E-state index is 12.3. The van der Waals surface area contributed by atoms with Crippen molar-refractivity contribution < 1.29 is 9.59 Å². The van der Waals surface area contributed by atoms with Gasteiger partial charge in [0, 0.05) is 38.1 Å². The molecule has 0 unspecified atom stereocenters. The van der Waals surface area contributed by atoms with Gasteiger partial charge in [-0.15, -0.1) is 0 Å². The van der Waals surface area contributed by atoms with Crippen LogP contribution in [0, 0.1) is 0 Å². The lowest BCUT2D eigenvalue weighted by Crippen LogP contribution is -2.45. The Bertz CT molecular complexity index is 850. The van der Waals surface area contributed by atoms with Crippen LogP contribution in [0.25, 0.3) is 11.0 Å². The minimum Gasteiger partial charge on any atom is -0.353 e. The number of amides is 3. The Balaban J connectivity index is 1.07. The Kier molecular flexibility index (Phi) is 7.98. The molecule has 1 saturated heterocycles. The number of carbonyl (C=O) groups is 2. The number of hydrogen-bond donors (Lipinski definition) is 4. The van der Waals surface area contributed by atoms with Gasteiger partial charge in [0.05, 0.1) is 17.6 Å². The monoisotopic (exact) mass is 440 g/mol. The standard InChI is InChI=1S/C24H36N6O2/c31-23(11-6-14-25-24(32)27-18-7-2-1-3-8-18)26-19-12-15-30(16-13-19)17-22-28-20-9-4-5-10-21(20)29-22/h4-5,9-10,18-19H,1-3,6-8,11-17H2,(H,26,31)(H,28,29)(H2,25,27,32). The second-order valence-electron chi connectivity index (χ2n) is 9.16. The molecule has 8 nitrogen and oxygen atoms in total. The van der Waals surface area contributed by atoms with Crippen LogP contribution in [-0.2, 0) is 11.3 Å². The van der Waals surface area contributed by atoms with Crippen LogP contribution in [0.5, 0.6) is 0 Å². The summed E-state index contributed by atoms with van der Waals surface area (Å²) in [6.45, 7) is 3.24. The van der Waals surface area contributed by atoms with Gasteiger partial charge in [-0.05, 0) is 44.2 Å². The maximum Gasteiger partial charge on any atom is 0.315 e. The topological polar surface area (TPSA) is 102 Å². The number of aromatic nitrogens is 2. The average Bonchev–Trinajstić information content (AvgIpc) is 3.21. The van der Waals surface area contributed by atoms with Crippen molar-refractivity contribution in [2.75, 3.05) is 19.6 Å². The predicted octanol–water partition coefficient (Wildman–Crippen LogP) is 3.06. The number of likely N-dealkylation sites (tertiary alicyclic amines) is 1. The summed E-state index contributed by atoms with van der Waals surface area (Å²) in [7, 11) is 0. The summed E-state index contributed by atoms with van der Waals surface area (Å²) in [5.41, 5.74) is 2.08. The number of nitrogens with zero attached hydrogens (tertiary/aromatic N) is 2. The fourth-order valence-electron chi connectivity index (χ4n) is 4.76. The van der Waals surface area contributed by atoms with Crippen molar-refractivity contribution in [3.63, 3.8) is 0 Å². The smallest absolute Gasteiger partial charge is 0.315 e. The van der Waals surface area contributed by atoms with Crippen molar-refractivity contribution in [2.24, 2.45) is 0 Å². The molecule has 4 rings (SSSR count). The van der Waals surface area contributed by atoms with Gasteiger partial charge in [0.2, 0.25) is 5.91 Å². The number of H-pyrrole nitrogens is 1. The summed E-state index contributed by atoms with van der Waals surface area (Å²) < 4.78 is 0. The van der Waals surface area contributed by atoms with E-state index in [-0.39, 0.29) is 18.0 Å². The Labute approximate surface area is 189 Å².